The first-order chi connectivity index (χ1) is 10.5. The molecule has 2 rings (SSSR count). The lowest BCUT2D eigenvalue weighted by molar-refractivity contribution is 0.203. The first-order valence-electron chi connectivity index (χ1n) is 8.09. The Labute approximate surface area is 138 Å². The largest absolute Gasteiger partial charge is 0.335 e. The Bertz CT molecular complexity index is 511. The monoisotopic (exact) mass is 323 g/mol. The second-order valence-electron chi connectivity index (χ2n) is 6.20. The van der Waals surface area contributed by atoms with E-state index in [0.29, 0.717) is 5.92 Å². The van der Waals surface area contributed by atoms with Crippen LogP contribution in [0.3, 0.4) is 0 Å². The van der Waals surface area contributed by atoms with Crippen LogP contribution in [0.4, 0.5) is 10.5 Å². The van der Waals surface area contributed by atoms with Gasteiger partial charge < -0.3 is 15.5 Å². The predicted molar refractivity (Wildman–Crippen MR) is 92.8 cm³/mol. The van der Waals surface area contributed by atoms with Gasteiger partial charge in [-0.25, -0.2) is 4.79 Å². The molecule has 1 saturated heterocycles. The number of piperidine rings is 1. The van der Waals surface area contributed by atoms with Crippen molar-refractivity contribution in [3.8, 4) is 0 Å². The molecule has 0 saturated carbocycles. The van der Waals surface area contributed by atoms with Crippen LogP contribution in [0.15, 0.2) is 18.2 Å². The average molecular weight is 324 g/mol. The van der Waals surface area contributed by atoms with E-state index in [0.717, 1.165) is 48.7 Å². The minimum Gasteiger partial charge on any atom is -0.335 e. The topological polar surface area (TPSA) is 44.4 Å². The molecule has 0 aromatic heterocycles. The number of rotatable bonds is 4. The van der Waals surface area contributed by atoms with Gasteiger partial charge in [0.15, 0.2) is 0 Å². The Kier molecular flexibility index (Phi) is 6.09. The van der Waals surface area contributed by atoms with E-state index in [9.17, 15) is 4.79 Å². The molecule has 1 aliphatic rings. The van der Waals surface area contributed by atoms with Gasteiger partial charge in [0.05, 0.1) is 0 Å². The highest BCUT2D eigenvalue weighted by atomic mass is 35.5. The van der Waals surface area contributed by atoms with Crippen molar-refractivity contribution in [3.63, 3.8) is 0 Å². The van der Waals surface area contributed by atoms with Crippen molar-refractivity contribution in [3.05, 3.63) is 28.8 Å². The molecule has 0 spiro atoms. The Morgan fingerprint density at radius 3 is 2.64 bits per heavy atom. The number of nitrogens with one attached hydrogen (secondary N) is 2. The number of hydrogen-bond donors (Lipinski definition) is 2. The van der Waals surface area contributed by atoms with Gasteiger partial charge >= 0.3 is 6.03 Å². The Hall–Kier alpha value is -1.26. The fourth-order valence-corrected chi connectivity index (χ4v) is 3.15. The Morgan fingerprint density at radius 2 is 2.05 bits per heavy atom. The zero-order valence-electron chi connectivity index (χ0n) is 13.7. The van der Waals surface area contributed by atoms with Crippen LogP contribution in [-0.4, -0.2) is 36.6 Å². The molecule has 122 valence electrons. The van der Waals surface area contributed by atoms with Gasteiger partial charge in [-0.2, -0.15) is 0 Å². The fourth-order valence-electron chi connectivity index (χ4n) is 2.81. The second-order valence-corrected chi connectivity index (χ2v) is 6.61. The van der Waals surface area contributed by atoms with E-state index < -0.39 is 0 Å². The zero-order valence-corrected chi connectivity index (χ0v) is 14.4. The molecule has 0 atom stereocenters. The second kappa shape index (κ2) is 7.84. The van der Waals surface area contributed by atoms with Crippen LogP contribution in [0, 0.1) is 0 Å². The summed E-state index contributed by atoms with van der Waals surface area (Å²) in [5.74, 6) is 0.329. The molecule has 1 heterocycles. The number of likely N-dealkylation sites (tertiary alicyclic amines) is 1. The van der Waals surface area contributed by atoms with Crippen LogP contribution in [-0.2, 0) is 0 Å². The molecule has 2 amide bonds. The van der Waals surface area contributed by atoms with Gasteiger partial charge in [0.1, 0.15) is 0 Å². The van der Waals surface area contributed by atoms with Crippen LogP contribution in [0.5, 0.6) is 0 Å². The van der Waals surface area contributed by atoms with Gasteiger partial charge in [-0.15, -0.1) is 0 Å². The minimum absolute atomic E-state index is 0.132. The lowest BCUT2D eigenvalue weighted by atomic mass is 10.0. The summed E-state index contributed by atoms with van der Waals surface area (Å²) < 4.78 is 0. The SMILES string of the molecule is CCN1CCC(NC(=O)Nc2ccc(Cl)c(C(C)C)c2)CC1. The van der Waals surface area contributed by atoms with Crippen molar-refractivity contribution < 1.29 is 4.79 Å². The van der Waals surface area contributed by atoms with E-state index in [1.54, 1.807) is 0 Å². The van der Waals surface area contributed by atoms with E-state index in [-0.39, 0.29) is 12.1 Å². The van der Waals surface area contributed by atoms with E-state index in [1.807, 2.05) is 18.2 Å². The number of carbonyl (C=O) groups excluding carboxylic acids is 1. The summed E-state index contributed by atoms with van der Waals surface area (Å²) in [4.78, 5) is 14.5. The Morgan fingerprint density at radius 1 is 1.36 bits per heavy atom. The van der Waals surface area contributed by atoms with Gasteiger partial charge in [-0.1, -0.05) is 32.4 Å². The maximum absolute atomic E-state index is 12.1. The third kappa shape index (κ3) is 4.62. The van der Waals surface area contributed by atoms with Crippen LogP contribution >= 0.6 is 11.6 Å². The zero-order chi connectivity index (χ0) is 16.1. The normalized spacial score (nSPS) is 16.8. The van der Waals surface area contributed by atoms with Crippen LogP contribution < -0.4 is 10.6 Å². The van der Waals surface area contributed by atoms with E-state index in [1.165, 1.54) is 0 Å². The van der Waals surface area contributed by atoms with Crippen LogP contribution in [0.1, 0.15) is 45.1 Å². The highest BCUT2D eigenvalue weighted by Gasteiger charge is 2.19. The average Bonchev–Trinajstić information content (AvgIpc) is 2.49. The lowest BCUT2D eigenvalue weighted by Crippen LogP contribution is -2.45. The summed E-state index contributed by atoms with van der Waals surface area (Å²) in [6.07, 6.45) is 2.03. The van der Waals surface area contributed by atoms with Gasteiger partial charge in [-0.05, 0) is 49.1 Å². The molecule has 22 heavy (non-hydrogen) atoms. The third-order valence-electron chi connectivity index (χ3n) is 4.25. The molecule has 0 bridgehead atoms. The number of carbonyl (C=O) groups is 1. The molecule has 1 aromatic carbocycles. The van der Waals surface area contributed by atoms with E-state index in [4.69, 9.17) is 11.6 Å². The first kappa shape index (κ1) is 17.1. The van der Waals surface area contributed by atoms with Crippen LogP contribution in [0.2, 0.25) is 5.02 Å². The summed E-state index contributed by atoms with van der Waals surface area (Å²) in [6.45, 7) is 9.55. The number of anilines is 1. The number of nitrogens with zero attached hydrogens (tertiary/aromatic N) is 1. The van der Waals surface area contributed by atoms with Crippen molar-refractivity contribution in [2.45, 2.75) is 45.6 Å². The highest BCUT2D eigenvalue weighted by molar-refractivity contribution is 6.31. The summed E-state index contributed by atoms with van der Waals surface area (Å²) in [7, 11) is 0. The quantitative estimate of drug-likeness (QED) is 0.877. The summed E-state index contributed by atoms with van der Waals surface area (Å²) in [5.41, 5.74) is 1.84. The minimum atomic E-state index is -0.132. The number of hydrogen-bond acceptors (Lipinski definition) is 2. The lowest BCUT2D eigenvalue weighted by Gasteiger charge is -2.31. The number of urea groups is 1. The number of halogens is 1. The molecule has 4 nitrogen and oxygen atoms in total. The molecule has 1 fully saturated rings. The van der Waals surface area contributed by atoms with Gasteiger partial charge in [-0.3, -0.25) is 0 Å². The molecule has 0 aliphatic carbocycles. The third-order valence-corrected chi connectivity index (χ3v) is 4.59. The van der Waals surface area contributed by atoms with Gasteiger partial charge in [0, 0.05) is 29.8 Å². The fraction of sp³-hybridized carbons (Fsp3) is 0.588. The standard InChI is InChI=1S/C17H26ClN3O/c1-4-21-9-7-13(8-10-21)19-17(22)20-14-5-6-16(18)15(11-14)12(2)3/h5-6,11-13H,4,7-10H2,1-3H3,(H2,19,20,22). The molecule has 1 aromatic rings. The summed E-state index contributed by atoms with van der Waals surface area (Å²) >= 11 is 6.18. The Balaban J connectivity index is 1.88. The van der Waals surface area contributed by atoms with Crippen LogP contribution in [0.25, 0.3) is 0 Å². The maximum Gasteiger partial charge on any atom is 0.319 e. The summed E-state index contributed by atoms with van der Waals surface area (Å²) in [5, 5.41) is 6.72. The van der Waals surface area contributed by atoms with Crippen molar-refractivity contribution in [1.29, 1.82) is 0 Å². The number of benzene rings is 1. The molecule has 1 aliphatic heterocycles. The van der Waals surface area contributed by atoms with Gasteiger partial charge in [0.2, 0.25) is 0 Å². The van der Waals surface area contributed by atoms with Crippen molar-refractivity contribution in [1.82, 2.24) is 10.2 Å². The first-order valence-corrected chi connectivity index (χ1v) is 8.46. The molecule has 0 unspecified atom stereocenters. The van der Waals surface area contributed by atoms with E-state index in [2.05, 4.69) is 36.3 Å². The van der Waals surface area contributed by atoms with Gasteiger partial charge in [0.25, 0.3) is 0 Å². The smallest absolute Gasteiger partial charge is 0.319 e. The maximum atomic E-state index is 12.1. The molecule has 0 radical (unpaired) electrons. The molecule has 5 heteroatoms. The van der Waals surface area contributed by atoms with Crippen molar-refractivity contribution in [2.75, 3.05) is 25.0 Å². The molecular weight excluding hydrogens is 298 g/mol. The van der Waals surface area contributed by atoms with Crippen molar-refractivity contribution >= 4 is 23.3 Å². The highest BCUT2D eigenvalue weighted by Crippen LogP contribution is 2.27. The number of amides is 2. The predicted octanol–water partition coefficient (Wildman–Crippen LogP) is 4.07. The van der Waals surface area contributed by atoms with E-state index >= 15 is 0 Å². The molecular formula is C17H26ClN3O. The van der Waals surface area contributed by atoms with Crippen molar-refractivity contribution in [2.24, 2.45) is 0 Å². The molecule has 2 N–H and O–H groups in total. The summed E-state index contributed by atoms with van der Waals surface area (Å²) in [6, 6.07) is 5.76.